The molecule has 5 amide bonds. The molecule has 250 valence electrons. The Morgan fingerprint density at radius 3 is 2.43 bits per heavy atom. The van der Waals surface area contributed by atoms with Crippen LogP contribution in [0.3, 0.4) is 0 Å². The third kappa shape index (κ3) is 9.15. The molecule has 2 aromatic carbocycles. The van der Waals surface area contributed by atoms with E-state index in [2.05, 4.69) is 26.4 Å². The summed E-state index contributed by atoms with van der Waals surface area (Å²) in [5.74, 6) is -3.93. The molecule has 2 bridgehead atoms. The molecule has 0 saturated carbocycles. The summed E-state index contributed by atoms with van der Waals surface area (Å²) in [4.78, 5) is 68.1. The Bertz CT molecular complexity index is 1590. The Morgan fingerprint density at radius 1 is 1.00 bits per heavy atom. The summed E-state index contributed by atoms with van der Waals surface area (Å²) in [5, 5.41) is 14.5. The van der Waals surface area contributed by atoms with Gasteiger partial charge in [-0.15, -0.1) is 0 Å². The second-order valence-corrected chi connectivity index (χ2v) is 11.7. The van der Waals surface area contributed by atoms with E-state index in [4.69, 9.17) is 9.26 Å². The van der Waals surface area contributed by atoms with Gasteiger partial charge in [0.1, 0.15) is 35.3 Å². The van der Waals surface area contributed by atoms with Gasteiger partial charge in [-0.05, 0) is 37.0 Å². The minimum atomic E-state index is -1.07. The molecule has 14 heteroatoms. The van der Waals surface area contributed by atoms with Gasteiger partial charge in [0.25, 0.3) is 11.8 Å². The molecule has 0 saturated heterocycles. The predicted octanol–water partition coefficient (Wildman–Crippen LogP) is 1.97. The van der Waals surface area contributed by atoms with Crippen LogP contribution in [0.4, 0.5) is 4.39 Å². The fourth-order valence-electron chi connectivity index (χ4n) is 5.08. The zero-order valence-electron chi connectivity index (χ0n) is 26.7. The van der Waals surface area contributed by atoms with Crippen molar-refractivity contribution in [1.82, 2.24) is 31.3 Å². The fraction of sp³-hybridized carbons (Fsp3) is 0.394. The van der Waals surface area contributed by atoms with Gasteiger partial charge in [0.2, 0.25) is 17.7 Å². The highest BCUT2D eigenvalue weighted by Crippen LogP contribution is 2.24. The average Bonchev–Trinajstić information content (AvgIpc) is 3.51. The van der Waals surface area contributed by atoms with E-state index >= 15 is 0 Å². The van der Waals surface area contributed by atoms with E-state index in [1.807, 2.05) is 44.2 Å². The number of hydrogen-bond donors (Lipinski definition) is 4. The van der Waals surface area contributed by atoms with Gasteiger partial charge in [-0.3, -0.25) is 24.0 Å². The van der Waals surface area contributed by atoms with Gasteiger partial charge in [-0.25, -0.2) is 4.39 Å². The zero-order valence-corrected chi connectivity index (χ0v) is 26.7. The largest absolute Gasteiger partial charge is 0.496 e. The molecular formula is C33H39FN6O7. The fourth-order valence-corrected chi connectivity index (χ4v) is 5.08. The average molecular weight is 651 g/mol. The first-order chi connectivity index (χ1) is 22.5. The Hall–Kier alpha value is -5.27. The number of benzene rings is 2. The summed E-state index contributed by atoms with van der Waals surface area (Å²) >= 11 is 0. The molecule has 1 aliphatic heterocycles. The first kappa shape index (κ1) is 34.6. The topological polar surface area (TPSA) is 172 Å². The van der Waals surface area contributed by atoms with Gasteiger partial charge >= 0.3 is 0 Å². The van der Waals surface area contributed by atoms with Crippen molar-refractivity contribution in [2.45, 2.75) is 58.3 Å². The molecule has 3 aromatic rings. The van der Waals surface area contributed by atoms with Crippen LogP contribution in [0.1, 0.15) is 59.4 Å². The number of methoxy groups -OCH3 is 1. The summed E-state index contributed by atoms with van der Waals surface area (Å²) < 4.78 is 25.5. The highest BCUT2D eigenvalue weighted by molar-refractivity contribution is 5.98. The summed E-state index contributed by atoms with van der Waals surface area (Å²) in [6.07, 6.45) is 0.407. The van der Waals surface area contributed by atoms with Crippen molar-refractivity contribution in [3.8, 4) is 5.75 Å². The number of carbonyl (C=O) groups excluding carboxylic acids is 5. The quantitative estimate of drug-likeness (QED) is 0.314. The number of rotatable bonds is 6. The van der Waals surface area contributed by atoms with Crippen LogP contribution in [0.5, 0.6) is 5.75 Å². The van der Waals surface area contributed by atoms with Crippen LogP contribution in [-0.4, -0.2) is 77.9 Å². The van der Waals surface area contributed by atoms with E-state index in [0.29, 0.717) is 0 Å². The Morgan fingerprint density at radius 2 is 1.72 bits per heavy atom. The summed E-state index contributed by atoms with van der Waals surface area (Å²) in [6, 6.07) is 11.2. The van der Waals surface area contributed by atoms with Crippen LogP contribution < -0.4 is 26.0 Å². The molecule has 0 spiro atoms. The molecule has 13 nitrogen and oxygen atoms in total. The maximum Gasteiger partial charge on any atom is 0.274 e. The number of ether oxygens (including phenoxy) is 1. The Labute approximate surface area is 271 Å². The molecule has 3 atom stereocenters. The molecule has 0 unspecified atom stereocenters. The molecule has 47 heavy (non-hydrogen) atoms. The lowest BCUT2D eigenvalue weighted by molar-refractivity contribution is -0.132. The van der Waals surface area contributed by atoms with Gasteiger partial charge in [-0.2, -0.15) is 0 Å². The van der Waals surface area contributed by atoms with E-state index in [9.17, 15) is 28.4 Å². The summed E-state index contributed by atoms with van der Waals surface area (Å²) in [6.45, 7) is 4.77. The summed E-state index contributed by atoms with van der Waals surface area (Å²) in [7, 11) is 1.31. The maximum absolute atomic E-state index is 14.9. The van der Waals surface area contributed by atoms with Crippen molar-refractivity contribution in [3.05, 3.63) is 83.0 Å². The monoisotopic (exact) mass is 650 g/mol. The first-order valence-electron chi connectivity index (χ1n) is 15.3. The minimum Gasteiger partial charge on any atom is -0.496 e. The highest BCUT2D eigenvalue weighted by atomic mass is 19.1. The van der Waals surface area contributed by atoms with Gasteiger partial charge in [0.05, 0.1) is 13.7 Å². The molecule has 2 heterocycles. The minimum absolute atomic E-state index is 0.000326. The van der Waals surface area contributed by atoms with Crippen LogP contribution in [-0.2, 0) is 27.3 Å². The number of nitrogens with zero attached hydrogens (tertiary/aromatic N) is 2. The predicted molar refractivity (Wildman–Crippen MR) is 168 cm³/mol. The van der Waals surface area contributed by atoms with Gasteiger partial charge < -0.3 is 35.4 Å². The number of hydrogen-bond acceptors (Lipinski definition) is 8. The Kier molecular flexibility index (Phi) is 11.7. The smallest absolute Gasteiger partial charge is 0.274 e. The highest BCUT2D eigenvalue weighted by Gasteiger charge is 2.31. The zero-order chi connectivity index (χ0) is 34.1. The maximum atomic E-state index is 14.9. The van der Waals surface area contributed by atoms with Crippen molar-refractivity contribution in [1.29, 1.82) is 0 Å². The van der Waals surface area contributed by atoms with E-state index in [1.54, 1.807) is 0 Å². The molecule has 0 fully saturated rings. The van der Waals surface area contributed by atoms with Crippen molar-refractivity contribution in [3.63, 3.8) is 0 Å². The molecule has 4 rings (SSSR count). The number of halogens is 1. The normalized spacial score (nSPS) is 20.0. The van der Waals surface area contributed by atoms with Crippen LogP contribution in [0.25, 0.3) is 0 Å². The van der Waals surface area contributed by atoms with Gasteiger partial charge in [0.15, 0.2) is 11.5 Å². The number of fused-ring (bicyclic) bond motifs is 2. The van der Waals surface area contributed by atoms with Gasteiger partial charge in [0, 0.05) is 25.6 Å². The van der Waals surface area contributed by atoms with Crippen LogP contribution in [0.15, 0.2) is 59.1 Å². The Balaban J connectivity index is 1.68. The lowest BCUT2D eigenvalue weighted by Crippen LogP contribution is -2.57. The first-order valence-corrected chi connectivity index (χ1v) is 15.3. The van der Waals surface area contributed by atoms with E-state index in [-0.39, 0.29) is 61.2 Å². The lowest BCUT2D eigenvalue weighted by Gasteiger charge is -2.26. The van der Waals surface area contributed by atoms with Gasteiger partial charge in [-0.1, -0.05) is 55.4 Å². The van der Waals surface area contributed by atoms with Crippen LogP contribution in [0, 0.1) is 11.7 Å². The summed E-state index contributed by atoms with van der Waals surface area (Å²) in [5.41, 5.74) is 0.289. The van der Waals surface area contributed by atoms with Crippen molar-refractivity contribution < 1.29 is 37.6 Å². The van der Waals surface area contributed by atoms with E-state index in [0.717, 1.165) is 11.6 Å². The molecular weight excluding hydrogens is 611 g/mol. The van der Waals surface area contributed by atoms with Crippen LogP contribution >= 0.6 is 0 Å². The molecule has 4 N–H and O–H groups in total. The standard InChI is InChI=1S/C33H39FN6O7/c1-19(2)15-24-31(43)38-25(16-21-9-6-5-7-10-21)30(42)35-13-14-40(33(45)28-23(34)11-8-12-27(28)46-4)18-22-17-26(39-47-22)32(44)36-20(3)29(41)37-24/h5-12,17,19-20,24-25H,13-16,18H2,1-4H3,(H,35,42)(H,36,44)(H,37,41)(H,38,43)/t20-,24-,25-/m1/s1. The van der Waals surface area contributed by atoms with Crippen molar-refractivity contribution in [2.24, 2.45) is 5.92 Å². The van der Waals surface area contributed by atoms with E-state index in [1.165, 1.54) is 37.1 Å². The second-order valence-electron chi connectivity index (χ2n) is 11.7. The number of carbonyl (C=O) groups is 5. The van der Waals surface area contributed by atoms with Crippen LogP contribution in [0.2, 0.25) is 0 Å². The number of aromatic nitrogens is 1. The number of nitrogens with one attached hydrogen (secondary N) is 4. The SMILES string of the molecule is COc1cccc(F)c1C(=O)N1CCNC(=O)[C@@H](Cc2ccccc2)NC(=O)[C@@H](CC(C)C)NC(=O)[C@@H](C)NC(=O)c2cc(on2)C1. The van der Waals surface area contributed by atoms with Crippen molar-refractivity contribution >= 4 is 29.5 Å². The number of amides is 5. The molecule has 1 aliphatic rings. The molecule has 0 aliphatic carbocycles. The van der Waals surface area contributed by atoms with Crippen molar-refractivity contribution in [2.75, 3.05) is 20.2 Å². The third-order valence-corrected chi connectivity index (χ3v) is 7.51. The second kappa shape index (κ2) is 15.8. The molecule has 1 aromatic heterocycles. The third-order valence-electron chi connectivity index (χ3n) is 7.51. The lowest BCUT2D eigenvalue weighted by atomic mass is 10.0. The van der Waals surface area contributed by atoms with E-state index < -0.39 is 53.5 Å². The molecule has 0 radical (unpaired) electrons.